The van der Waals surface area contributed by atoms with E-state index < -0.39 is 0 Å². The van der Waals surface area contributed by atoms with E-state index in [2.05, 4.69) is 490 Å². The molecule has 4 heterocycles. The molecule has 15 aromatic rings. The summed E-state index contributed by atoms with van der Waals surface area (Å²) in [4.78, 5) is 5.58. The molecule has 2 aromatic heterocycles. The van der Waals surface area contributed by atoms with Crippen molar-refractivity contribution in [1.82, 2.24) is 9.13 Å². The highest BCUT2D eigenvalue weighted by Gasteiger charge is 2.47. The first-order chi connectivity index (χ1) is 58.9. The van der Waals surface area contributed by atoms with Gasteiger partial charge in [0.2, 0.25) is 0 Å². The smallest absolute Gasteiger partial charge is 0.252 e. The van der Waals surface area contributed by atoms with Gasteiger partial charge in [-0.3, -0.25) is 0 Å². The van der Waals surface area contributed by atoms with Crippen LogP contribution in [0.4, 0.5) is 34.1 Å². The summed E-state index contributed by atoms with van der Waals surface area (Å²) < 4.78 is 5.20. The third kappa shape index (κ3) is 15.6. The van der Waals surface area contributed by atoms with Crippen LogP contribution in [0.1, 0.15) is 290 Å². The lowest BCUT2D eigenvalue weighted by Gasteiger charge is -2.46. The van der Waals surface area contributed by atoms with Gasteiger partial charge in [0, 0.05) is 66.8 Å². The third-order valence-corrected chi connectivity index (χ3v) is 28.0. The van der Waals surface area contributed by atoms with Crippen molar-refractivity contribution in [2.45, 2.75) is 288 Å². The van der Waals surface area contributed by atoms with Crippen molar-refractivity contribution in [3.05, 3.63) is 304 Å². The summed E-state index contributed by atoms with van der Waals surface area (Å²) in [6, 6.07) is 98.3. The van der Waals surface area contributed by atoms with Gasteiger partial charge < -0.3 is 18.9 Å². The van der Waals surface area contributed by atoms with E-state index in [4.69, 9.17) is 0 Å². The normalized spacial score (nSPS) is 14.0. The van der Waals surface area contributed by atoms with Gasteiger partial charge in [-0.15, -0.1) is 0 Å². The Morgan fingerprint density at radius 3 is 0.756 bits per heavy atom. The lowest BCUT2D eigenvalue weighted by Crippen LogP contribution is -2.61. The number of nitrogens with zero attached hydrogens (tertiary/aromatic N) is 4. The molecule has 2 aliphatic rings. The summed E-state index contributed by atoms with van der Waals surface area (Å²) in [7, 11) is 0. The molecule has 13 aromatic carbocycles. The van der Waals surface area contributed by atoms with Crippen LogP contribution < -0.4 is 26.2 Å². The number of hydrogen-bond acceptors (Lipinski definition) is 2. The van der Waals surface area contributed by atoms with Gasteiger partial charge in [-0.25, -0.2) is 0 Å². The largest absolute Gasteiger partial charge is 0.311 e. The van der Waals surface area contributed by atoms with Crippen molar-refractivity contribution in [3.8, 4) is 55.9 Å². The Balaban J connectivity index is 1.08. The molecule has 0 fully saturated rings. The Morgan fingerprint density at radius 1 is 0.189 bits per heavy atom. The Morgan fingerprint density at radius 2 is 0.465 bits per heavy atom. The van der Waals surface area contributed by atoms with Gasteiger partial charge in [-0.05, 0) is 268 Å². The zero-order valence-corrected chi connectivity index (χ0v) is 83.0. The molecule has 0 amide bonds. The van der Waals surface area contributed by atoms with Crippen LogP contribution >= 0.6 is 0 Å². The third-order valence-electron chi connectivity index (χ3n) is 28.0. The van der Waals surface area contributed by atoms with Gasteiger partial charge in [0.1, 0.15) is 0 Å². The Labute approximate surface area is 762 Å². The molecular weight excluding hydrogens is 1530 g/mol. The van der Waals surface area contributed by atoms with Gasteiger partial charge in [0.25, 0.3) is 6.71 Å². The van der Waals surface area contributed by atoms with Gasteiger partial charge >= 0.3 is 0 Å². The number of fused-ring (bicyclic) bond motifs is 10. The second-order valence-corrected chi connectivity index (χ2v) is 48.9. The summed E-state index contributed by atoms with van der Waals surface area (Å²) in [6.07, 6.45) is 0. The van der Waals surface area contributed by atoms with Crippen molar-refractivity contribution in [3.63, 3.8) is 0 Å². The number of rotatable bonds is 8. The van der Waals surface area contributed by atoms with E-state index in [-0.39, 0.29) is 66.3 Å². The van der Waals surface area contributed by atoms with Crippen molar-refractivity contribution in [2.75, 3.05) is 9.80 Å². The molecule has 0 saturated carbocycles. The minimum Gasteiger partial charge on any atom is -0.311 e. The molecule has 0 unspecified atom stereocenters. The minimum absolute atomic E-state index is 0.0650. The highest BCUT2D eigenvalue weighted by atomic mass is 15.2. The van der Waals surface area contributed by atoms with Crippen LogP contribution in [0.2, 0.25) is 0 Å². The maximum Gasteiger partial charge on any atom is 0.252 e. The summed E-state index contributed by atoms with van der Waals surface area (Å²) in [5.41, 5.74) is 40.1. The zero-order valence-electron chi connectivity index (χ0n) is 83.0. The fourth-order valence-corrected chi connectivity index (χ4v) is 20.4. The zero-order chi connectivity index (χ0) is 91.6. The van der Waals surface area contributed by atoms with Crippen molar-refractivity contribution >= 4 is 101 Å². The molecule has 0 bridgehead atoms. The number of benzene rings is 13. The van der Waals surface area contributed by atoms with E-state index in [1.807, 2.05) is 0 Å². The van der Waals surface area contributed by atoms with Crippen LogP contribution in [0.5, 0.6) is 0 Å². The molecule has 0 radical (unpaired) electrons. The van der Waals surface area contributed by atoms with Crippen LogP contribution in [0.3, 0.4) is 0 Å². The quantitative estimate of drug-likeness (QED) is 0.141. The topological polar surface area (TPSA) is 16.3 Å². The molecule has 127 heavy (non-hydrogen) atoms. The van der Waals surface area contributed by atoms with Gasteiger partial charge in [0.05, 0.1) is 33.4 Å². The maximum atomic E-state index is 2.79. The summed E-state index contributed by atoms with van der Waals surface area (Å²) in [5.74, 6) is 0. The van der Waals surface area contributed by atoms with E-state index in [0.29, 0.717) is 0 Å². The summed E-state index contributed by atoms with van der Waals surface area (Å²) >= 11 is 0. The number of hydrogen-bond donors (Lipinski definition) is 0. The van der Waals surface area contributed by atoms with Gasteiger partial charge in [-0.2, -0.15) is 0 Å². The van der Waals surface area contributed by atoms with Gasteiger partial charge in [-0.1, -0.05) is 374 Å². The SMILES string of the molecule is CC(C)(C)c1cc2c3c(c1)N(c1cc(-c4ccc(C(C)(C)C)cc4C(C)(C)C)ccc1-c1ccccc1C(C)(C)C)c1cc(-n4c5ccc(C(C)(C)C)cc5c5cc(C(C)(C)C)ccc54)ccc1B3c1ccc(-n3c4ccc(C(C)(C)C)cc4c4cc(C(C)(C)C)ccc43)cc1N2c1cc(-c2ccc(C(C)(C)C)cc2C(C)(C)C)ccc1-c1ccccc1C(C)(C)C. The summed E-state index contributed by atoms with van der Waals surface area (Å²) in [6.45, 7) is 78.1. The minimum atomic E-state index is -0.371. The second kappa shape index (κ2) is 29.9. The molecule has 650 valence electrons. The Hall–Kier alpha value is -10.9. The number of aromatic nitrogens is 2. The lowest BCUT2D eigenvalue weighted by atomic mass is 9.33. The first kappa shape index (κ1) is 88.2. The van der Waals surface area contributed by atoms with Crippen LogP contribution in [-0.4, -0.2) is 15.8 Å². The van der Waals surface area contributed by atoms with E-state index in [9.17, 15) is 0 Å². The lowest BCUT2D eigenvalue weighted by molar-refractivity contribution is 0.569. The van der Waals surface area contributed by atoms with E-state index in [0.717, 1.165) is 34.1 Å². The van der Waals surface area contributed by atoms with Crippen LogP contribution in [0.25, 0.3) is 99.5 Å². The standard InChI is InChI=1S/C122H139BN4/c1-112(2,3)76-46-58-101-91(64-76)92-65-77(113(4,5)6)47-59-102(92)124(101)83-50-56-99-107(72-83)126(105-62-74(42-52-89(105)87-38-34-36-40-95(87)119(22,23)24)85-54-44-80(116(13,14)15)68-97(85)121(28,29)30)109-70-82(118(19,20)21)71-110-111(109)123(99)100-57-51-84(125-103-60-48-78(114(7,8)9)66-93(103)94-67-79(115(10,11)12)49-61-104(94)125)73-108(100)127(110)106-63-75(43-53-90(106)88-39-35-37-41-96(88)120(25,26)27)86-55-45-81(117(16,17)18)69-98(86)122(31,32)33/h34-73H,1-33H3. The van der Waals surface area contributed by atoms with E-state index >= 15 is 0 Å². The molecule has 0 saturated heterocycles. The molecule has 4 nitrogen and oxygen atoms in total. The average Bonchev–Trinajstić information content (AvgIpc) is 1.08. The monoisotopic (exact) mass is 1670 g/mol. The van der Waals surface area contributed by atoms with Crippen LogP contribution in [0, 0.1) is 0 Å². The molecule has 0 spiro atoms. The second-order valence-electron chi connectivity index (χ2n) is 48.9. The molecule has 5 heteroatoms. The molecule has 0 atom stereocenters. The number of anilines is 6. The predicted molar refractivity (Wildman–Crippen MR) is 557 cm³/mol. The Kier molecular flexibility index (Phi) is 20.7. The average molecular weight is 1670 g/mol. The maximum absolute atomic E-state index is 2.79. The van der Waals surface area contributed by atoms with E-state index in [1.165, 1.54) is 177 Å². The van der Waals surface area contributed by atoms with Crippen LogP contribution in [-0.2, 0) is 59.6 Å². The molecule has 2 aliphatic heterocycles. The predicted octanol–water partition coefficient (Wildman–Crippen LogP) is 32.9. The molecular formula is C122H139BN4. The highest BCUT2D eigenvalue weighted by molar-refractivity contribution is 7.00. The van der Waals surface area contributed by atoms with Crippen LogP contribution in [0.15, 0.2) is 243 Å². The molecule has 0 N–H and O–H groups in total. The fraction of sp³-hybridized carbons (Fsp3) is 0.361. The van der Waals surface area contributed by atoms with Crippen molar-refractivity contribution < 1.29 is 0 Å². The van der Waals surface area contributed by atoms with Crippen molar-refractivity contribution in [2.24, 2.45) is 0 Å². The summed E-state index contributed by atoms with van der Waals surface area (Å²) in [5, 5.41) is 5.07. The molecule has 17 rings (SSSR count). The first-order valence-corrected chi connectivity index (χ1v) is 47.0. The van der Waals surface area contributed by atoms with Crippen molar-refractivity contribution in [1.29, 1.82) is 0 Å². The van der Waals surface area contributed by atoms with Gasteiger partial charge in [0.15, 0.2) is 0 Å². The highest BCUT2D eigenvalue weighted by Crippen LogP contribution is 2.56. The first-order valence-electron chi connectivity index (χ1n) is 47.0. The Bertz CT molecular complexity index is 6410. The van der Waals surface area contributed by atoms with E-state index in [1.54, 1.807) is 0 Å². The fourth-order valence-electron chi connectivity index (χ4n) is 20.4. The molecule has 0 aliphatic carbocycles.